The first-order chi connectivity index (χ1) is 9.27. The highest BCUT2D eigenvalue weighted by Gasteiger charge is 2.32. The van der Waals surface area contributed by atoms with Crippen LogP contribution in [0.2, 0.25) is 0 Å². The lowest BCUT2D eigenvalue weighted by Crippen LogP contribution is -2.31. The molecule has 1 heterocycles. The van der Waals surface area contributed by atoms with Crippen LogP contribution >= 0.6 is 0 Å². The zero-order chi connectivity index (χ0) is 14.9. The van der Waals surface area contributed by atoms with Crippen LogP contribution in [0.3, 0.4) is 0 Å². The van der Waals surface area contributed by atoms with Crippen molar-refractivity contribution in [1.29, 1.82) is 0 Å². The second-order valence-corrected chi connectivity index (χ2v) is 7.21. The Bertz CT molecular complexity index is 476. The predicted molar refractivity (Wildman–Crippen MR) is 81.5 cm³/mol. The number of carbonyl (C=O) groups excluding carboxylic acids is 1. The van der Waals surface area contributed by atoms with Crippen molar-refractivity contribution in [1.82, 2.24) is 9.78 Å². The summed E-state index contributed by atoms with van der Waals surface area (Å²) < 4.78 is 1.74. The summed E-state index contributed by atoms with van der Waals surface area (Å²) in [4.78, 5) is 12.3. The Hall–Kier alpha value is -1.32. The topological polar surface area (TPSA) is 46.9 Å². The molecular formula is C16H27N3O. The van der Waals surface area contributed by atoms with Crippen molar-refractivity contribution >= 4 is 11.6 Å². The second-order valence-electron chi connectivity index (χ2n) is 7.21. The number of hydrogen-bond donors (Lipinski definition) is 1. The summed E-state index contributed by atoms with van der Waals surface area (Å²) >= 11 is 0. The van der Waals surface area contributed by atoms with Crippen LogP contribution in [0.25, 0.3) is 0 Å². The van der Waals surface area contributed by atoms with E-state index in [4.69, 9.17) is 0 Å². The van der Waals surface area contributed by atoms with Crippen LogP contribution in [0, 0.1) is 24.2 Å². The molecule has 0 bridgehead atoms. The van der Waals surface area contributed by atoms with E-state index in [-0.39, 0.29) is 11.8 Å². The molecule has 0 unspecified atom stereocenters. The van der Waals surface area contributed by atoms with Crippen LogP contribution in [0.5, 0.6) is 0 Å². The van der Waals surface area contributed by atoms with Gasteiger partial charge >= 0.3 is 0 Å². The summed E-state index contributed by atoms with van der Waals surface area (Å²) in [7, 11) is 1.87. The third kappa shape index (κ3) is 3.41. The van der Waals surface area contributed by atoms with Gasteiger partial charge in [0.2, 0.25) is 5.91 Å². The highest BCUT2D eigenvalue weighted by atomic mass is 16.1. The minimum Gasteiger partial charge on any atom is -0.323 e. The van der Waals surface area contributed by atoms with E-state index in [2.05, 4.69) is 31.2 Å². The van der Waals surface area contributed by atoms with Crippen molar-refractivity contribution in [3.05, 3.63) is 11.9 Å². The molecule has 0 atom stereocenters. The second kappa shape index (κ2) is 5.58. The number of amides is 1. The van der Waals surface area contributed by atoms with Gasteiger partial charge in [-0.2, -0.15) is 5.10 Å². The summed E-state index contributed by atoms with van der Waals surface area (Å²) in [6.45, 7) is 8.83. The van der Waals surface area contributed by atoms with Crippen LogP contribution < -0.4 is 5.32 Å². The normalized spacial score (nSPS) is 23.6. The van der Waals surface area contributed by atoms with E-state index in [1.54, 1.807) is 4.68 Å². The fourth-order valence-electron chi connectivity index (χ4n) is 3.18. The maximum Gasteiger partial charge on any atom is 0.227 e. The maximum absolute atomic E-state index is 12.3. The van der Waals surface area contributed by atoms with E-state index < -0.39 is 0 Å². The van der Waals surface area contributed by atoms with Gasteiger partial charge < -0.3 is 5.32 Å². The standard InChI is InChI=1S/C16H27N3O/c1-11-14(10-19(5)18-11)17-15(20)12-6-8-13(9-7-12)16(2,3)4/h10,12-13H,6-9H2,1-5H3,(H,17,20). The minimum atomic E-state index is 0.160. The van der Waals surface area contributed by atoms with Gasteiger partial charge in [-0.05, 0) is 43.9 Å². The molecule has 1 aliphatic rings. The zero-order valence-corrected chi connectivity index (χ0v) is 13.4. The molecule has 4 heteroatoms. The number of nitrogens with zero attached hydrogens (tertiary/aromatic N) is 2. The summed E-state index contributed by atoms with van der Waals surface area (Å²) in [5.41, 5.74) is 2.08. The number of aromatic nitrogens is 2. The summed E-state index contributed by atoms with van der Waals surface area (Å²) in [5, 5.41) is 7.29. The lowest BCUT2D eigenvalue weighted by molar-refractivity contribution is -0.121. The average molecular weight is 277 g/mol. The zero-order valence-electron chi connectivity index (χ0n) is 13.4. The quantitative estimate of drug-likeness (QED) is 0.899. The molecule has 1 aliphatic carbocycles. The number of rotatable bonds is 2. The van der Waals surface area contributed by atoms with Crippen molar-refractivity contribution in [2.45, 2.75) is 53.4 Å². The third-order valence-corrected chi connectivity index (χ3v) is 4.59. The molecule has 4 nitrogen and oxygen atoms in total. The number of carbonyl (C=O) groups is 1. The van der Waals surface area contributed by atoms with Crippen molar-refractivity contribution < 1.29 is 4.79 Å². The summed E-state index contributed by atoms with van der Waals surface area (Å²) in [5.74, 6) is 1.06. The van der Waals surface area contributed by atoms with Crippen LogP contribution in [0.15, 0.2) is 6.20 Å². The Morgan fingerprint density at radius 1 is 1.30 bits per heavy atom. The molecule has 112 valence electrons. The van der Waals surface area contributed by atoms with Gasteiger partial charge in [-0.1, -0.05) is 20.8 Å². The van der Waals surface area contributed by atoms with E-state index >= 15 is 0 Å². The molecule has 0 saturated heterocycles. The van der Waals surface area contributed by atoms with E-state index in [9.17, 15) is 4.79 Å². The molecule has 0 aromatic carbocycles. The smallest absolute Gasteiger partial charge is 0.227 e. The molecule has 1 aromatic rings. The van der Waals surface area contributed by atoms with Crippen LogP contribution in [0.4, 0.5) is 5.69 Å². The molecule has 1 N–H and O–H groups in total. The molecule has 1 fully saturated rings. The van der Waals surface area contributed by atoms with Crippen molar-refractivity contribution in [3.8, 4) is 0 Å². The highest BCUT2D eigenvalue weighted by Crippen LogP contribution is 2.40. The first-order valence-corrected chi connectivity index (χ1v) is 7.58. The van der Waals surface area contributed by atoms with Gasteiger partial charge in [-0.3, -0.25) is 9.48 Å². The van der Waals surface area contributed by atoms with Gasteiger partial charge in [0.1, 0.15) is 0 Å². The Labute approximate surface area is 121 Å². The van der Waals surface area contributed by atoms with Gasteiger partial charge in [0.15, 0.2) is 0 Å². The van der Waals surface area contributed by atoms with Gasteiger partial charge in [-0.15, -0.1) is 0 Å². The number of aryl methyl sites for hydroxylation is 2. The van der Waals surface area contributed by atoms with E-state index in [0.29, 0.717) is 5.41 Å². The summed E-state index contributed by atoms with van der Waals surface area (Å²) in [6, 6.07) is 0. The lowest BCUT2D eigenvalue weighted by Gasteiger charge is -2.36. The third-order valence-electron chi connectivity index (χ3n) is 4.59. The first-order valence-electron chi connectivity index (χ1n) is 7.58. The van der Waals surface area contributed by atoms with Crippen LogP contribution in [0.1, 0.15) is 52.1 Å². The van der Waals surface area contributed by atoms with E-state index in [1.807, 2.05) is 20.2 Å². The molecule has 0 radical (unpaired) electrons. The maximum atomic E-state index is 12.3. The van der Waals surface area contributed by atoms with Crippen molar-refractivity contribution in [2.75, 3.05) is 5.32 Å². The number of anilines is 1. The fourth-order valence-corrected chi connectivity index (χ4v) is 3.18. The monoisotopic (exact) mass is 277 g/mol. The fraction of sp³-hybridized carbons (Fsp3) is 0.750. The van der Waals surface area contributed by atoms with Crippen LogP contribution in [-0.4, -0.2) is 15.7 Å². The van der Waals surface area contributed by atoms with Crippen molar-refractivity contribution in [3.63, 3.8) is 0 Å². The van der Waals surface area contributed by atoms with Gasteiger partial charge in [-0.25, -0.2) is 0 Å². The summed E-state index contributed by atoms with van der Waals surface area (Å²) in [6.07, 6.45) is 6.20. The van der Waals surface area contributed by atoms with Gasteiger partial charge in [0.25, 0.3) is 0 Å². The Morgan fingerprint density at radius 2 is 1.90 bits per heavy atom. The Morgan fingerprint density at radius 3 is 2.35 bits per heavy atom. The molecule has 1 saturated carbocycles. The Balaban J connectivity index is 1.91. The van der Waals surface area contributed by atoms with Gasteiger partial charge in [0, 0.05) is 19.2 Å². The highest BCUT2D eigenvalue weighted by molar-refractivity contribution is 5.92. The Kier molecular flexibility index (Phi) is 4.21. The molecule has 1 aromatic heterocycles. The van der Waals surface area contributed by atoms with Gasteiger partial charge in [0.05, 0.1) is 11.4 Å². The molecule has 1 amide bonds. The molecule has 0 aliphatic heterocycles. The largest absolute Gasteiger partial charge is 0.323 e. The average Bonchev–Trinajstić information content (AvgIpc) is 2.67. The van der Waals surface area contributed by atoms with E-state index in [0.717, 1.165) is 43.0 Å². The van der Waals surface area contributed by atoms with Crippen LogP contribution in [-0.2, 0) is 11.8 Å². The molecule has 0 spiro atoms. The first kappa shape index (κ1) is 15.1. The van der Waals surface area contributed by atoms with Crippen molar-refractivity contribution in [2.24, 2.45) is 24.3 Å². The molecule has 2 rings (SSSR count). The van der Waals surface area contributed by atoms with E-state index in [1.165, 1.54) is 0 Å². The molecule has 20 heavy (non-hydrogen) atoms. The number of hydrogen-bond acceptors (Lipinski definition) is 2. The predicted octanol–water partition coefficient (Wildman–Crippen LogP) is 3.52. The molecular weight excluding hydrogens is 250 g/mol. The minimum absolute atomic E-state index is 0.160. The number of nitrogens with one attached hydrogen (secondary N) is 1. The SMILES string of the molecule is Cc1nn(C)cc1NC(=O)C1CCC(C(C)(C)C)CC1. The lowest BCUT2D eigenvalue weighted by atomic mass is 9.69.